The fourth-order valence-corrected chi connectivity index (χ4v) is 2.14. The zero-order valence-corrected chi connectivity index (χ0v) is 9.56. The van der Waals surface area contributed by atoms with Crippen molar-refractivity contribution in [3.8, 4) is 0 Å². The van der Waals surface area contributed by atoms with Crippen LogP contribution in [0.3, 0.4) is 0 Å². The average molecular weight is 230 g/mol. The van der Waals surface area contributed by atoms with Crippen LogP contribution >= 0.6 is 11.6 Å². The van der Waals surface area contributed by atoms with Gasteiger partial charge in [-0.15, -0.1) is 0 Å². The van der Waals surface area contributed by atoms with Crippen molar-refractivity contribution in [1.82, 2.24) is 0 Å². The highest BCUT2D eigenvalue weighted by atomic mass is 35.5. The topological polar surface area (TPSA) is 3.01 Å². The molecule has 0 aromatic heterocycles. The highest BCUT2D eigenvalue weighted by molar-refractivity contribution is 6.30. The van der Waals surface area contributed by atoms with Crippen molar-refractivity contribution in [3.05, 3.63) is 65.2 Å². The van der Waals surface area contributed by atoms with Gasteiger partial charge in [-0.3, -0.25) is 0 Å². The quantitative estimate of drug-likeness (QED) is 0.706. The van der Waals surface area contributed by atoms with Crippen LogP contribution in [0.15, 0.2) is 54.6 Å². The van der Waals surface area contributed by atoms with Gasteiger partial charge in [-0.25, -0.2) is 0 Å². The van der Waals surface area contributed by atoms with E-state index in [1.165, 1.54) is 11.3 Å². The van der Waals surface area contributed by atoms with Gasteiger partial charge in [-0.05, 0) is 29.8 Å². The molecule has 0 aliphatic carbocycles. The Morgan fingerprint density at radius 2 is 1.62 bits per heavy atom. The van der Waals surface area contributed by atoms with Crippen LogP contribution in [0.25, 0.3) is 0 Å². The second-order valence-electron chi connectivity index (χ2n) is 4.06. The molecule has 1 atom stereocenters. The SMILES string of the molecule is Clc1ccc([C@H]2CN2c2ccccc2)cc1. The Bertz CT molecular complexity index is 478. The smallest absolute Gasteiger partial charge is 0.0718 e. The van der Waals surface area contributed by atoms with E-state index in [0.717, 1.165) is 11.6 Å². The van der Waals surface area contributed by atoms with Gasteiger partial charge in [0.15, 0.2) is 0 Å². The van der Waals surface area contributed by atoms with E-state index in [1.807, 2.05) is 18.2 Å². The molecule has 1 fully saturated rings. The largest absolute Gasteiger partial charge is 0.360 e. The Morgan fingerprint density at radius 3 is 2.31 bits per heavy atom. The number of benzene rings is 2. The van der Waals surface area contributed by atoms with E-state index in [-0.39, 0.29) is 0 Å². The first-order chi connectivity index (χ1) is 7.84. The number of rotatable bonds is 2. The van der Waals surface area contributed by atoms with Crippen LogP contribution in [0.2, 0.25) is 5.02 Å². The van der Waals surface area contributed by atoms with E-state index in [1.54, 1.807) is 0 Å². The molecule has 0 amide bonds. The summed E-state index contributed by atoms with van der Waals surface area (Å²) in [5, 5.41) is 0.802. The van der Waals surface area contributed by atoms with Gasteiger partial charge >= 0.3 is 0 Å². The average Bonchev–Trinajstić information content (AvgIpc) is 3.11. The van der Waals surface area contributed by atoms with E-state index < -0.39 is 0 Å². The van der Waals surface area contributed by atoms with Crippen LogP contribution in [-0.4, -0.2) is 6.54 Å². The maximum absolute atomic E-state index is 5.88. The number of hydrogen-bond donors (Lipinski definition) is 0. The molecule has 0 N–H and O–H groups in total. The molecule has 0 bridgehead atoms. The van der Waals surface area contributed by atoms with Crippen molar-refractivity contribution < 1.29 is 0 Å². The summed E-state index contributed by atoms with van der Waals surface area (Å²) in [5.41, 5.74) is 2.63. The molecule has 0 saturated carbocycles. The fraction of sp³-hybridized carbons (Fsp3) is 0.143. The van der Waals surface area contributed by atoms with Crippen LogP contribution in [0, 0.1) is 0 Å². The van der Waals surface area contributed by atoms with Crippen molar-refractivity contribution in [3.63, 3.8) is 0 Å². The molecule has 3 rings (SSSR count). The first-order valence-electron chi connectivity index (χ1n) is 5.42. The maximum Gasteiger partial charge on any atom is 0.0718 e. The lowest BCUT2D eigenvalue weighted by Gasteiger charge is -2.05. The van der Waals surface area contributed by atoms with Crippen molar-refractivity contribution in [2.45, 2.75) is 6.04 Å². The lowest BCUT2D eigenvalue weighted by Crippen LogP contribution is -1.93. The van der Waals surface area contributed by atoms with E-state index in [4.69, 9.17) is 11.6 Å². The zero-order chi connectivity index (χ0) is 11.0. The summed E-state index contributed by atoms with van der Waals surface area (Å²) in [7, 11) is 0. The molecule has 0 unspecified atom stereocenters. The second-order valence-corrected chi connectivity index (χ2v) is 4.49. The van der Waals surface area contributed by atoms with Crippen molar-refractivity contribution >= 4 is 17.3 Å². The molecular weight excluding hydrogens is 218 g/mol. The predicted octanol–water partition coefficient (Wildman–Crippen LogP) is 3.90. The molecule has 1 aliphatic rings. The van der Waals surface area contributed by atoms with Gasteiger partial charge in [0, 0.05) is 17.3 Å². The minimum Gasteiger partial charge on any atom is -0.360 e. The fourth-order valence-electron chi connectivity index (χ4n) is 2.01. The van der Waals surface area contributed by atoms with Gasteiger partial charge in [-0.2, -0.15) is 0 Å². The Labute approximate surface area is 100 Å². The number of halogens is 1. The second kappa shape index (κ2) is 3.84. The molecule has 80 valence electrons. The summed E-state index contributed by atoms with van der Waals surface area (Å²) < 4.78 is 0. The number of nitrogens with zero attached hydrogens (tertiary/aromatic N) is 1. The first-order valence-corrected chi connectivity index (χ1v) is 5.79. The summed E-state index contributed by atoms with van der Waals surface area (Å²) in [5.74, 6) is 0. The van der Waals surface area contributed by atoms with Crippen LogP contribution in [0.4, 0.5) is 5.69 Å². The zero-order valence-electron chi connectivity index (χ0n) is 8.81. The minimum absolute atomic E-state index is 0.527. The Hall–Kier alpha value is -1.47. The first kappa shape index (κ1) is 9.73. The van der Waals surface area contributed by atoms with E-state index >= 15 is 0 Å². The molecule has 0 spiro atoms. The lowest BCUT2D eigenvalue weighted by molar-refractivity contribution is 1.13. The van der Waals surface area contributed by atoms with Crippen LogP contribution < -0.4 is 4.90 Å². The van der Waals surface area contributed by atoms with Gasteiger partial charge in [0.1, 0.15) is 0 Å². The van der Waals surface area contributed by atoms with Crippen molar-refractivity contribution in [1.29, 1.82) is 0 Å². The number of anilines is 1. The molecule has 2 aromatic rings. The van der Waals surface area contributed by atoms with Gasteiger partial charge in [0.2, 0.25) is 0 Å². The minimum atomic E-state index is 0.527. The summed E-state index contributed by atoms with van der Waals surface area (Å²) in [6.45, 7) is 1.10. The van der Waals surface area contributed by atoms with Crippen molar-refractivity contribution in [2.75, 3.05) is 11.4 Å². The predicted molar refractivity (Wildman–Crippen MR) is 68.0 cm³/mol. The van der Waals surface area contributed by atoms with Crippen LogP contribution in [-0.2, 0) is 0 Å². The van der Waals surface area contributed by atoms with Crippen LogP contribution in [0.5, 0.6) is 0 Å². The molecule has 2 heteroatoms. The lowest BCUT2D eigenvalue weighted by atomic mass is 10.1. The molecule has 1 nitrogen and oxygen atoms in total. The summed E-state index contributed by atoms with van der Waals surface area (Å²) >= 11 is 5.88. The highest BCUT2D eigenvalue weighted by Crippen LogP contribution is 2.39. The molecule has 1 aliphatic heterocycles. The van der Waals surface area contributed by atoms with E-state index in [2.05, 4.69) is 41.3 Å². The Morgan fingerprint density at radius 1 is 0.938 bits per heavy atom. The maximum atomic E-state index is 5.88. The third kappa shape index (κ3) is 1.79. The summed E-state index contributed by atoms with van der Waals surface area (Å²) in [6, 6.07) is 19.2. The Kier molecular flexibility index (Phi) is 2.33. The van der Waals surface area contributed by atoms with Gasteiger partial charge in [-0.1, -0.05) is 41.9 Å². The Balaban J connectivity index is 1.79. The highest BCUT2D eigenvalue weighted by Gasteiger charge is 2.35. The molecule has 1 saturated heterocycles. The third-order valence-electron chi connectivity index (χ3n) is 2.95. The summed E-state index contributed by atoms with van der Waals surface area (Å²) in [6.07, 6.45) is 0. The number of hydrogen-bond acceptors (Lipinski definition) is 1. The van der Waals surface area contributed by atoms with Gasteiger partial charge in [0.05, 0.1) is 6.04 Å². The molecule has 16 heavy (non-hydrogen) atoms. The van der Waals surface area contributed by atoms with Gasteiger partial charge in [0.25, 0.3) is 0 Å². The summed E-state index contributed by atoms with van der Waals surface area (Å²) in [4.78, 5) is 2.38. The van der Waals surface area contributed by atoms with E-state index in [9.17, 15) is 0 Å². The molecule has 1 heterocycles. The van der Waals surface area contributed by atoms with Gasteiger partial charge < -0.3 is 4.90 Å². The third-order valence-corrected chi connectivity index (χ3v) is 3.21. The van der Waals surface area contributed by atoms with Crippen LogP contribution in [0.1, 0.15) is 11.6 Å². The van der Waals surface area contributed by atoms with Crippen molar-refractivity contribution in [2.24, 2.45) is 0 Å². The molecule has 2 aromatic carbocycles. The normalized spacial score (nSPS) is 18.6. The standard InChI is InChI=1S/C14H12ClN/c15-12-8-6-11(7-9-12)14-10-16(14)13-4-2-1-3-5-13/h1-9,14H,10H2/t14-,16?/m1/s1. The molecular formula is C14H12ClN. The monoisotopic (exact) mass is 229 g/mol. The molecule has 0 radical (unpaired) electrons. The number of para-hydroxylation sites is 1. The van der Waals surface area contributed by atoms with E-state index in [0.29, 0.717) is 6.04 Å².